The molecule has 3 rings (SSSR count). The van der Waals surface area contributed by atoms with Crippen LogP contribution in [-0.2, 0) is 9.59 Å². The predicted molar refractivity (Wildman–Crippen MR) is 124 cm³/mol. The molecule has 0 amide bonds. The number of carboxylic acid groups (broad SMARTS) is 1. The van der Waals surface area contributed by atoms with Gasteiger partial charge in [-0.05, 0) is 62.3 Å². The lowest BCUT2D eigenvalue weighted by molar-refractivity contribution is -0.140. The normalized spacial score (nSPS) is 18.8. The van der Waals surface area contributed by atoms with Crippen LogP contribution in [0.15, 0.2) is 54.6 Å². The maximum Gasteiger partial charge on any atom is 0.314 e. The van der Waals surface area contributed by atoms with E-state index in [2.05, 4.69) is 0 Å². The zero-order valence-electron chi connectivity index (χ0n) is 17.9. The highest BCUT2D eigenvalue weighted by molar-refractivity contribution is 5.96. The summed E-state index contributed by atoms with van der Waals surface area (Å²) >= 11 is 0. The lowest BCUT2D eigenvalue weighted by Gasteiger charge is -2.26. The molecule has 2 aromatic rings. The zero-order chi connectivity index (χ0) is 22.2. The topological polar surface area (TPSA) is 107 Å². The SMILES string of the molecule is Cl.NC[C@H]1CC[C@H](C(=O)Oc2ccc(C(CCC(=O)c3ccccc3)C(=O)O)cc2)CC1. The van der Waals surface area contributed by atoms with Gasteiger partial charge in [0.05, 0.1) is 11.8 Å². The Morgan fingerprint density at radius 1 is 0.969 bits per heavy atom. The molecule has 1 unspecified atom stereocenters. The highest BCUT2D eigenvalue weighted by Gasteiger charge is 2.27. The van der Waals surface area contributed by atoms with Gasteiger partial charge in [-0.2, -0.15) is 0 Å². The summed E-state index contributed by atoms with van der Waals surface area (Å²) in [5.74, 6) is -1.33. The Kier molecular flexibility index (Phi) is 9.88. The number of carbonyl (C=O) groups is 3. The molecule has 0 aliphatic heterocycles. The van der Waals surface area contributed by atoms with E-state index in [4.69, 9.17) is 10.5 Å². The molecule has 0 heterocycles. The van der Waals surface area contributed by atoms with Crippen LogP contribution < -0.4 is 10.5 Å². The number of hydrogen-bond donors (Lipinski definition) is 2. The van der Waals surface area contributed by atoms with Crippen molar-refractivity contribution >= 4 is 30.1 Å². The molecule has 2 aromatic carbocycles. The minimum atomic E-state index is -0.984. The van der Waals surface area contributed by atoms with Crippen LogP contribution in [0.4, 0.5) is 0 Å². The smallest absolute Gasteiger partial charge is 0.314 e. The molecule has 0 bridgehead atoms. The number of rotatable bonds is 9. The minimum absolute atomic E-state index is 0. The van der Waals surface area contributed by atoms with Gasteiger partial charge >= 0.3 is 11.9 Å². The van der Waals surface area contributed by atoms with E-state index >= 15 is 0 Å². The summed E-state index contributed by atoms with van der Waals surface area (Å²) in [5, 5.41) is 9.63. The number of Topliss-reactive ketones (excluding diaryl/α,β-unsaturated/α-hetero) is 1. The van der Waals surface area contributed by atoms with E-state index in [1.807, 2.05) is 6.07 Å². The summed E-state index contributed by atoms with van der Waals surface area (Å²) in [6.07, 6.45) is 3.80. The number of carbonyl (C=O) groups excluding carboxylic acids is 2. The van der Waals surface area contributed by atoms with Crippen LogP contribution in [-0.4, -0.2) is 29.4 Å². The number of esters is 1. The van der Waals surface area contributed by atoms with Crippen molar-refractivity contribution in [3.63, 3.8) is 0 Å². The number of ether oxygens (including phenoxy) is 1. The number of aliphatic carboxylic acids is 1. The Hall–Kier alpha value is -2.70. The summed E-state index contributed by atoms with van der Waals surface area (Å²) in [4.78, 5) is 36.5. The van der Waals surface area contributed by atoms with E-state index in [-0.39, 0.29) is 42.9 Å². The summed E-state index contributed by atoms with van der Waals surface area (Å²) in [7, 11) is 0. The van der Waals surface area contributed by atoms with Crippen molar-refractivity contribution in [2.45, 2.75) is 44.4 Å². The van der Waals surface area contributed by atoms with Gasteiger partial charge in [0.15, 0.2) is 5.78 Å². The third kappa shape index (κ3) is 6.90. The van der Waals surface area contributed by atoms with Crippen LogP contribution >= 0.6 is 12.4 Å². The third-order valence-electron chi connectivity index (χ3n) is 6.07. The molecule has 1 atom stereocenters. The Labute approximate surface area is 194 Å². The number of ketones is 1. The van der Waals surface area contributed by atoms with E-state index < -0.39 is 11.9 Å². The van der Waals surface area contributed by atoms with Gasteiger partial charge in [-0.15, -0.1) is 12.4 Å². The molecule has 1 aliphatic carbocycles. The minimum Gasteiger partial charge on any atom is -0.481 e. The first kappa shape index (κ1) is 25.6. The Balaban J connectivity index is 0.00000363. The maximum absolute atomic E-state index is 12.4. The molecule has 1 saturated carbocycles. The van der Waals surface area contributed by atoms with Gasteiger partial charge in [0.25, 0.3) is 0 Å². The van der Waals surface area contributed by atoms with Crippen molar-refractivity contribution < 1.29 is 24.2 Å². The fourth-order valence-electron chi connectivity index (χ4n) is 4.08. The van der Waals surface area contributed by atoms with Crippen LogP contribution in [0.3, 0.4) is 0 Å². The van der Waals surface area contributed by atoms with E-state index in [0.717, 1.165) is 25.7 Å². The van der Waals surface area contributed by atoms with Gasteiger partial charge in [0, 0.05) is 12.0 Å². The number of carboxylic acids is 1. The van der Waals surface area contributed by atoms with Crippen molar-refractivity contribution in [1.29, 1.82) is 0 Å². The number of halogens is 1. The fourth-order valence-corrected chi connectivity index (χ4v) is 4.08. The van der Waals surface area contributed by atoms with Crippen LogP contribution in [0.25, 0.3) is 0 Å². The lowest BCUT2D eigenvalue weighted by Crippen LogP contribution is -2.28. The van der Waals surface area contributed by atoms with E-state index in [1.165, 1.54) is 0 Å². The van der Waals surface area contributed by atoms with Crippen LogP contribution in [0, 0.1) is 11.8 Å². The largest absolute Gasteiger partial charge is 0.481 e. The van der Waals surface area contributed by atoms with Crippen LogP contribution in [0.1, 0.15) is 60.4 Å². The van der Waals surface area contributed by atoms with Crippen molar-refractivity contribution in [2.24, 2.45) is 17.6 Å². The van der Waals surface area contributed by atoms with E-state index in [1.54, 1.807) is 48.5 Å². The first-order chi connectivity index (χ1) is 15.0. The summed E-state index contributed by atoms with van der Waals surface area (Å²) in [6, 6.07) is 15.4. The van der Waals surface area contributed by atoms with Gasteiger partial charge in [0.2, 0.25) is 0 Å². The molecule has 0 spiro atoms. The second kappa shape index (κ2) is 12.4. The summed E-state index contributed by atoms with van der Waals surface area (Å²) < 4.78 is 5.50. The molecule has 0 radical (unpaired) electrons. The molecule has 172 valence electrons. The van der Waals surface area contributed by atoms with Crippen molar-refractivity contribution in [3.8, 4) is 5.75 Å². The van der Waals surface area contributed by atoms with Crippen LogP contribution in [0.2, 0.25) is 0 Å². The predicted octanol–water partition coefficient (Wildman–Crippen LogP) is 4.61. The van der Waals surface area contributed by atoms with E-state index in [0.29, 0.717) is 29.3 Å². The molecule has 1 aliphatic rings. The monoisotopic (exact) mass is 459 g/mol. The highest BCUT2D eigenvalue weighted by Crippen LogP contribution is 2.30. The standard InChI is InChI=1S/C25H29NO5.ClH/c26-16-17-6-8-20(9-7-17)25(30)31-21-12-10-18(11-13-21)22(24(28)29)14-15-23(27)19-4-2-1-3-5-19;/h1-5,10-13,17,20,22H,6-9,14-16,26H2,(H,28,29);1H/t17-,20-,22?;. The molecule has 0 aromatic heterocycles. The Morgan fingerprint density at radius 3 is 2.16 bits per heavy atom. The second-order valence-electron chi connectivity index (χ2n) is 8.16. The second-order valence-corrected chi connectivity index (χ2v) is 8.16. The molecule has 3 N–H and O–H groups in total. The summed E-state index contributed by atoms with van der Waals surface area (Å²) in [5.41, 5.74) is 6.86. The third-order valence-corrected chi connectivity index (χ3v) is 6.07. The highest BCUT2D eigenvalue weighted by atomic mass is 35.5. The van der Waals surface area contributed by atoms with Gasteiger partial charge in [-0.3, -0.25) is 14.4 Å². The van der Waals surface area contributed by atoms with E-state index in [9.17, 15) is 19.5 Å². The average molecular weight is 460 g/mol. The Bertz CT molecular complexity index is 892. The van der Waals surface area contributed by atoms with Gasteiger partial charge in [-0.25, -0.2) is 0 Å². The van der Waals surface area contributed by atoms with Crippen molar-refractivity contribution in [2.75, 3.05) is 6.54 Å². The van der Waals surface area contributed by atoms with Crippen LogP contribution in [0.5, 0.6) is 5.75 Å². The fraction of sp³-hybridized carbons (Fsp3) is 0.400. The number of nitrogens with two attached hydrogens (primary N) is 1. The van der Waals surface area contributed by atoms with Gasteiger partial charge in [-0.1, -0.05) is 42.5 Å². The lowest BCUT2D eigenvalue weighted by atomic mass is 9.82. The summed E-state index contributed by atoms with van der Waals surface area (Å²) in [6.45, 7) is 0.658. The van der Waals surface area contributed by atoms with Gasteiger partial charge in [0.1, 0.15) is 5.75 Å². The molecule has 6 nitrogen and oxygen atoms in total. The average Bonchev–Trinajstić information content (AvgIpc) is 2.80. The molecule has 7 heteroatoms. The first-order valence-electron chi connectivity index (χ1n) is 10.8. The number of hydrogen-bond acceptors (Lipinski definition) is 5. The van der Waals surface area contributed by atoms with Gasteiger partial charge < -0.3 is 15.6 Å². The zero-order valence-corrected chi connectivity index (χ0v) is 18.8. The molecule has 1 fully saturated rings. The first-order valence-corrected chi connectivity index (χ1v) is 10.8. The maximum atomic E-state index is 12.4. The Morgan fingerprint density at radius 2 is 1.59 bits per heavy atom. The number of benzene rings is 2. The molecule has 0 saturated heterocycles. The molecular formula is C25H30ClNO5. The van der Waals surface area contributed by atoms with Crippen molar-refractivity contribution in [1.82, 2.24) is 0 Å². The quantitative estimate of drug-likeness (QED) is 0.322. The molecule has 32 heavy (non-hydrogen) atoms. The van der Waals surface area contributed by atoms with Crippen molar-refractivity contribution in [3.05, 3.63) is 65.7 Å². The molecular weight excluding hydrogens is 430 g/mol.